The first-order chi connectivity index (χ1) is 9.27. The molecular formula is C16H28N2O. The highest BCUT2D eigenvalue weighted by atomic mass is 16.5. The van der Waals surface area contributed by atoms with Crippen LogP contribution in [0.15, 0.2) is 12.1 Å². The molecule has 1 rings (SSSR count). The fraction of sp³-hybridized carbons (Fsp3) is 0.688. The number of aryl methyl sites for hydroxylation is 1. The molecule has 0 aromatic carbocycles. The molecule has 3 heteroatoms. The standard InChI is InChI=1S/C16H28N2O/c1-4-5-6-7-8-9-12-19-16-11-10-15(13-17-3)14(2)18-16/h10-11,17H,4-9,12-13H2,1-3H3. The molecule has 0 amide bonds. The van der Waals surface area contributed by atoms with Crippen LogP contribution in [0.4, 0.5) is 0 Å². The Kier molecular flexibility index (Phi) is 8.23. The number of pyridine rings is 1. The van der Waals surface area contributed by atoms with Gasteiger partial charge in [-0.25, -0.2) is 4.98 Å². The zero-order valence-electron chi connectivity index (χ0n) is 12.7. The fourth-order valence-corrected chi connectivity index (χ4v) is 2.08. The first-order valence-corrected chi connectivity index (χ1v) is 7.51. The van der Waals surface area contributed by atoms with Crippen molar-refractivity contribution in [3.05, 3.63) is 23.4 Å². The summed E-state index contributed by atoms with van der Waals surface area (Å²) in [4.78, 5) is 4.48. The van der Waals surface area contributed by atoms with Gasteiger partial charge in [-0.15, -0.1) is 0 Å². The Labute approximate surface area is 117 Å². The number of hydrogen-bond acceptors (Lipinski definition) is 3. The normalized spacial score (nSPS) is 10.7. The summed E-state index contributed by atoms with van der Waals surface area (Å²) >= 11 is 0. The minimum Gasteiger partial charge on any atom is -0.478 e. The van der Waals surface area contributed by atoms with Crippen LogP contribution >= 0.6 is 0 Å². The second kappa shape index (κ2) is 9.79. The average Bonchev–Trinajstić information content (AvgIpc) is 2.41. The van der Waals surface area contributed by atoms with E-state index >= 15 is 0 Å². The van der Waals surface area contributed by atoms with Crippen molar-refractivity contribution < 1.29 is 4.74 Å². The average molecular weight is 264 g/mol. The summed E-state index contributed by atoms with van der Waals surface area (Å²) in [7, 11) is 1.95. The Morgan fingerprint density at radius 1 is 1.11 bits per heavy atom. The molecule has 1 N–H and O–H groups in total. The minimum absolute atomic E-state index is 0.755. The molecule has 0 aliphatic carbocycles. The molecule has 0 saturated carbocycles. The summed E-state index contributed by atoms with van der Waals surface area (Å²) in [5, 5.41) is 3.14. The molecule has 0 unspecified atom stereocenters. The lowest BCUT2D eigenvalue weighted by atomic mass is 10.1. The van der Waals surface area contributed by atoms with Crippen LogP contribution in [0.25, 0.3) is 0 Å². The quantitative estimate of drug-likeness (QED) is 0.652. The van der Waals surface area contributed by atoms with Crippen molar-refractivity contribution in [2.75, 3.05) is 13.7 Å². The molecular weight excluding hydrogens is 236 g/mol. The lowest BCUT2D eigenvalue weighted by Crippen LogP contribution is -2.08. The second-order valence-electron chi connectivity index (χ2n) is 5.04. The molecule has 1 heterocycles. The Balaban J connectivity index is 2.20. The van der Waals surface area contributed by atoms with E-state index in [-0.39, 0.29) is 0 Å². The number of nitrogens with one attached hydrogen (secondary N) is 1. The molecule has 0 radical (unpaired) electrons. The van der Waals surface area contributed by atoms with E-state index in [0.29, 0.717) is 0 Å². The molecule has 0 bridgehead atoms. The van der Waals surface area contributed by atoms with Gasteiger partial charge in [-0.2, -0.15) is 0 Å². The summed E-state index contributed by atoms with van der Waals surface area (Å²) < 4.78 is 5.69. The van der Waals surface area contributed by atoms with E-state index in [2.05, 4.69) is 23.3 Å². The fourth-order valence-electron chi connectivity index (χ4n) is 2.08. The van der Waals surface area contributed by atoms with Gasteiger partial charge in [0, 0.05) is 18.3 Å². The molecule has 0 spiro atoms. The number of unbranched alkanes of at least 4 members (excludes halogenated alkanes) is 5. The summed E-state index contributed by atoms with van der Waals surface area (Å²) in [5.41, 5.74) is 2.28. The Morgan fingerprint density at radius 2 is 1.84 bits per heavy atom. The number of rotatable bonds is 10. The van der Waals surface area contributed by atoms with Crippen LogP contribution < -0.4 is 10.1 Å². The van der Waals surface area contributed by atoms with Gasteiger partial charge in [0.05, 0.1) is 6.61 Å². The highest BCUT2D eigenvalue weighted by Crippen LogP contribution is 2.13. The van der Waals surface area contributed by atoms with Crippen molar-refractivity contribution >= 4 is 0 Å². The van der Waals surface area contributed by atoms with Gasteiger partial charge >= 0.3 is 0 Å². The van der Waals surface area contributed by atoms with Gasteiger partial charge in [-0.1, -0.05) is 45.1 Å². The molecule has 0 fully saturated rings. The maximum Gasteiger partial charge on any atom is 0.213 e. The van der Waals surface area contributed by atoms with Gasteiger partial charge in [0.15, 0.2) is 0 Å². The van der Waals surface area contributed by atoms with E-state index < -0.39 is 0 Å². The van der Waals surface area contributed by atoms with Crippen LogP contribution in [0.2, 0.25) is 0 Å². The van der Waals surface area contributed by atoms with E-state index in [1.165, 1.54) is 37.7 Å². The molecule has 19 heavy (non-hydrogen) atoms. The second-order valence-corrected chi connectivity index (χ2v) is 5.04. The number of nitrogens with zero attached hydrogens (tertiary/aromatic N) is 1. The zero-order valence-corrected chi connectivity index (χ0v) is 12.7. The first kappa shape index (κ1) is 16.0. The Hall–Kier alpha value is -1.09. The first-order valence-electron chi connectivity index (χ1n) is 7.51. The van der Waals surface area contributed by atoms with Gasteiger partial charge in [-0.05, 0) is 26.0 Å². The summed E-state index contributed by atoms with van der Waals surface area (Å²) in [6, 6.07) is 4.06. The van der Waals surface area contributed by atoms with Gasteiger partial charge in [0.2, 0.25) is 5.88 Å². The predicted molar refractivity (Wildman–Crippen MR) is 80.6 cm³/mol. The van der Waals surface area contributed by atoms with Crippen molar-refractivity contribution in [2.45, 2.75) is 58.9 Å². The van der Waals surface area contributed by atoms with E-state index in [0.717, 1.165) is 31.1 Å². The molecule has 3 nitrogen and oxygen atoms in total. The van der Waals surface area contributed by atoms with Crippen LogP contribution in [0.5, 0.6) is 5.88 Å². The molecule has 0 aliphatic rings. The summed E-state index contributed by atoms with van der Waals surface area (Å²) in [6.07, 6.45) is 7.73. The predicted octanol–water partition coefficient (Wildman–Crippen LogP) is 3.85. The van der Waals surface area contributed by atoms with Crippen molar-refractivity contribution in [3.63, 3.8) is 0 Å². The highest BCUT2D eigenvalue weighted by molar-refractivity contribution is 5.24. The van der Waals surface area contributed by atoms with E-state index in [1.807, 2.05) is 20.0 Å². The largest absolute Gasteiger partial charge is 0.478 e. The van der Waals surface area contributed by atoms with Gasteiger partial charge < -0.3 is 10.1 Å². The monoisotopic (exact) mass is 264 g/mol. The van der Waals surface area contributed by atoms with Crippen molar-refractivity contribution in [3.8, 4) is 5.88 Å². The smallest absolute Gasteiger partial charge is 0.213 e. The number of hydrogen-bond donors (Lipinski definition) is 1. The number of ether oxygens (including phenoxy) is 1. The minimum atomic E-state index is 0.755. The third-order valence-corrected chi connectivity index (χ3v) is 3.28. The van der Waals surface area contributed by atoms with Crippen LogP contribution in [-0.4, -0.2) is 18.6 Å². The van der Waals surface area contributed by atoms with E-state index in [1.54, 1.807) is 0 Å². The van der Waals surface area contributed by atoms with Crippen LogP contribution in [-0.2, 0) is 6.54 Å². The lowest BCUT2D eigenvalue weighted by molar-refractivity contribution is 0.292. The third-order valence-electron chi connectivity index (χ3n) is 3.28. The lowest BCUT2D eigenvalue weighted by Gasteiger charge is -2.09. The van der Waals surface area contributed by atoms with Crippen molar-refractivity contribution in [1.82, 2.24) is 10.3 Å². The molecule has 1 aromatic rings. The molecule has 108 valence electrons. The molecule has 0 atom stereocenters. The van der Waals surface area contributed by atoms with Crippen molar-refractivity contribution in [2.24, 2.45) is 0 Å². The van der Waals surface area contributed by atoms with Crippen LogP contribution in [0, 0.1) is 6.92 Å². The highest BCUT2D eigenvalue weighted by Gasteiger charge is 2.01. The Morgan fingerprint density at radius 3 is 2.53 bits per heavy atom. The topological polar surface area (TPSA) is 34.1 Å². The van der Waals surface area contributed by atoms with E-state index in [4.69, 9.17) is 4.74 Å². The van der Waals surface area contributed by atoms with Gasteiger partial charge in [0.1, 0.15) is 0 Å². The molecule has 1 aromatic heterocycles. The van der Waals surface area contributed by atoms with Gasteiger partial charge in [0.25, 0.3) is 0 Å². The zero-order chi connectivity index (χ0) is 13.9. The maximum atomic E-state index is 5.69. The molecule has 0 saturated heterocycles. The third kappa shape index (κ3) is 6.58. The summed E-state index contributed by atoms with van der Waals surface area (Å²) in [6.45, 7) is 5.92. The Bertz CT molecular complexity index is 353. The summed E-state index contributed by atoms with van der Waals surface area (Å²) in [5.74, 6) is 0.755. The van der Waals surface area contributed by atoms with Crippen molar-refractivity contribution in [1.29, 1.82) is 0 Å². The molecule has 0 aliphatic heterocycles. The van der Waals surface area contributed by atoms with Gasteiger partial charge in [-0.3, -0.25) is 0 Å². The van der Waals surface area contributed by atoms with E-state index in [9.17, 15) is 0 Å². The van der Waals surface area contributed by atoms with Crippen LogP contribution in [0.1, 0.15) is 56.7 Å². The van der Waals surface area contributed by atoms with Crippen LogP contribution in [0.3, 0.4) is 0 Å². The number of aromatic nitrogens is 1. The SMILES string of the molecule is CCCCCCCCOc1ccc(CNC)c(C)n1. The maximum absolute atomic E-state index is 5.69.